The lowest BCUT2D eigenvalue weighted by molar-refractivity contribution is 0.294. The van der Waals surface area contributed by atoms with E-state index in [1.807, 2.05) is 90.8 Å². The minimum atomic E-state index is -0.816. The first-order valence-corrected chi connectivity index (χ1v) is 13.5. The van der Waals surface area contributed by atoms with Crippen molar-refractivity contribution >= 4 is 17.2 Å². The van der Waals surface area contributed by atoms with E-state index in [2.05, 4.69) is 12.1 Å². The molecule has 7 rings (SSSR count). The molecule has 3 N–H and O–H groups in total. The summed E-state index contributed by atoms with van der Waals surface area (Å²) in [7, 11) is 0. The monoisotopic (exact) mass is 554 g/mol. The van der Waals surface area contributed by atoms with E-state index in [0.717, 1.165) is 44.7 Å². The van der Waals surface area contributed by atoms with Gasteiger partial charge in [0.1, 0.15) is 11.5 Å². The Morgan fingerprint density at radius 3 is 2.07 bits per heavy atom. The van der Waals surface area contributed by atoms with Gasteiger partial charge in [-0.15, -0.1) is 6.42 Å². The molecule has 5 heteroatoms. The molecule has 0 fully saturated rings. The summed E-state index contributed by atoms with van der Waals surface area (Å²) in [6.45, 7) is 0. The zero-order valence-corrected chi connectivity index (χ0v) is 22.5. The van der Waals surface area contributed by atoms with Gasteiger partial charge in [-0.25, -0.2) is 0 Å². The fraction of sp³-hybridized carbons (Fsp3) is 0.0556. The van der Waals surface area contributed by atoms with Crippen LogP contribution in [0.15, 0.2) is 125 Å². The molecular formula is C36H23ClO4. The number of hydrogen-bond acceptors (Lipinski definition) is 4. The van der Waals surface area contributed by atoms with E-state index in [9.17, 15) is 15.3 Å². The van der Waals surface area contributed by atoms with Crippen LogP contribution < -0.4 is 0 Å². The third-order valence-corrected chi connectivity index (χ3v) is 8.38. The molecule has 1 aromatic heterocycles. The van der Waals surface area contributed by atoms with Gasteiger partial charge in [-0.2, -0.15) is 0 Å². The Bertz CT molecular complexity index is 1960. The first-order chi connectivity index (χ1) is 20.0. The molecule has 0 saturated heterocycles. The maximum absolute atomic E-state index is 11.3. The van der Waals surface area contributed by atoms with Gasteiger partial charge >= 0.3 is 0 Å². The zero-order valence-electron chi connectivity index (χ0n) is 21.7. The van der Waals surface area contributed by atoms with Crippen molar-refractivity contribution in [2.75, 3.05) is 0 Å². The number of rotatable bonds is 3. The predicted octanol–water partition coefficient (Wildman–Crippen LogP) is 9.22. The van der Waals surface area contributed by atoms with Crippen molar-refractivity contribution in [3.63, 3.8) is 0 Å². The minimum Gasteiger partial charge on any atom is -0.504 e. The summed E-state index contributed by atoms with van der Waals surface area (Å²) in [5.74, 6) is 1.52. The average Bonchev–Trinajstić information content (AvgIpc) is 3.66. The summed E-state index contributed by atoms with van der Waals surface area (Å²) in [6.07, 6.45) is 5.60. The van der Waals surface area contributed by atoms with Crippen LogP contribution in [0.3, 0.4) is 0 Å². The Hall–Kier alpha value is -5.11. The maximum atomic E-state index is 11.3. The van der Waals surface area contributed by atoms with Crippen LogP contribution in [0.5, 0.6) is 0 Å². The number of halogens is 1. The highest BCUT2D eigenvalue weighted by molar-refractivity contribution is 6.30. The van der Waals surface area contributed by atoms with Crippen LogP contribution in [0.2, 0.25) is 5.02 Å². The summed E-state index contributed by atoms with van der Waals surface area (Å²) in [5, 5.41) is 32.6. The van der Waals surface area contributed by atoms with Gasteiger partial charge in [-0.05, 0) is 46.7 Å². The van der Waals surface area contributed by atoms with Crippen molar-refractivity contribution in [2.24, 2.45) is 0 Å². The number of fused-ring (bicyclic) bond motifs is 7. The third kappa shape index (κ3) is 3.50. The third-order valence-electron chi connectivity index (χ3n) is 8.14. The van der Waals surface area contributed by atoms with Crippen molar-refractivity contribution in [3.05, 3.63) is 148 Å². The molecule has 0 aliphatic heterocycles. The van der Waals surface area contributed by atoms with Gasteiger partial charge in [0.15, 0.2) is 5.76 Å². The van der Waals surface area contributed by atoms with Crippen molar-refractivity contribution in [1.29, 1.82) is 0 Å². The van der Waals surface area contributed by atoms with Crippen LogP contribution in [-0.2, 0) is 5.41 Å². The molecule has 0 saturated carbocycles. The molecule has 1 unspecified atom stereocenters. The molecule has 2 aliphatic rings. The van der Waals surface area contributed by atoms with Crippen LogP contribution in [0.4, 0.5) is 0 Å². The number of allylic oxidation sites excluding steroid dienone is 2. The van der Waals surface area contributed by atoms with E-state index in [0.29, 0.717) is 21.9 Å². The van der Waals surface area contributed by atoms with Gasteiger partial charge in [0.25, 0.3) is 0 Å². The lowest BCUT2D eigenvalue weighted by Crippen LogP contribution is -2.24. The molecule has 0 bridgehead atoms. The highest BCUT2D eigenvalue weighted by Gasteiger charge is 2.54. The fourth-order valence-electron chi connectivity index (χ4n) is 6.48. The lowest BCUT2D eigenvalue weighted by Gasteiger charge is -2.28. The van der Waals surface area contributed by atoms with Crippen LogP contribution in [0, 0.1) is 12.3 Å². The second-order valence-corrected chi connectivity index (χ2v) is 10.7. The number of aliphatic hydroxyl groups excluding tert-OH is 3. The van der Waals surface area contributed by atoms with Gasteiger partial charge in [0.2, 0.25) is 11.5 Å². The smallest absolute Gasteiger partial charge is 0.213 e. The normalized spacial score (nSPS) is 18.3. The molecule has 198 valence electrons. The van der Waals surface area contributed by atoms with Crippen LogP contribution >= 0.6 is 11.6 Å². The number of terminal acetylenes is 1. The van der Waals surface area contributed by atoms with E-state index in [4.69, 9.17) is 22.4 Å². The van der Waals surface area contributed by atoms with Crippen molar-refractivity contribution in [3.8, 4) is 46.1 Å². The molecule has 0 radical (unpaired) electrons. The highest BCUT2D eigenvalue weighted by Crippen LogP contribution is 2.66. The summed E-state index contributed by atoms with van der Waals surface area (Å²) in [5.41, 5.74) is 7.04. The number of aliphatic hydroxyl groups is 3. The van der Waals surface area contributed by atoms with Crippen LogP contribution in [0.25, 0.3) is 39.3 Å². The summed E-state index contributed by atoms with van der Waals surface area (Å²) >= 11 is 6.63. The van der Waals surface area contributed by atoms with Gasteiger partial charge in [-0.1, -0.05) is 103 Å². The van der Waals surface area contributed by atoms with Crippen LogP contribution in [-0.4, -0.2) is 15.3 Å². The van der Waals surface area contributed by atoms with Crippen molar-refractivity contribution < 1.29 is 19.7 Å². The molecule has 4 nitrogen and oxygen atoms in total. The largest absolute Gasteiger partial charge is 0.504 e. The SMILES string of the molecule is C#C/C(O)=C(O)\C(O)=C1/CC2(c3cc(Cl)ccc31)c1ccccc1-c1c(-c3ccccc3)oc(-c3ccccc3)c12. The Labute approximate surface area is 242 Å². The van der Waals surface area contributed by atoms with Crippen molar-refractivity contribution in [1.82, 2.24) is 0 Å². The summed E-state index contributed by atoms with van der Waals surface area (Å²) in [4.78, 5) is 0. The molecule has 1 spiro atoms. The first kappa shape index (κ1) is 24.9. The standard InChI is InChI=1S/C36H23ClO4/c1-2-29(38)33(40)32(39)26-20-36(28-19-23(37)17-18-24(26)28)27-16-10-9-15-25(27)30-31(36)35(22-13-7-4-8-14-22)41-34(30)21-11-5-3-6-12-21/h1,3-19,38-40H,20H2/b32-26-,33-29-. The summed E-state index contributed by atoms with van der Waals surface area (Å²) < 4.78 is 6.81. The molecule has 0 amide bonds. The fourth-order valence-corrected chi connectivity index (χ4v) is 6.65. The molecule has 4 aromatic carbocycles. The maximum Gasteiger partial charge on any atom is 0.213 e. The Morgan fingerprint density at radius 2 is 1.39 bits per heavy atom. The Balaban J connectivity index is 1.64. The second-order valence-electron chi connectivity index (χ2n) is 10.2. The molecular weight excluding hydrogens is 532 g/mol. The molecule has 41 heavy (non-hydrogen) atoms. The van der Waals surface area contributed by atoms with Gasteiger partial charge in [0.05, 0.1) is 5.41 Å². The van der Waals surface area contributed by atoms with Gasteiger partial charge < -0.3 is 19.7 Å². The number of benzene rings is 4. The summed E-state index contributed by atoms with van der Waals surface area (Å²) in [6, 6.07) is 33.6. The van der Waals surface area contributed by atoms with E-state index in [1.54, 1.807) is 6.07 Å². The molecule has 1 heterocycles. The van der Waals surface area contributed by atoms with Gasteiger partial charge in [0, 0.05) is 32.8 Å². The Kier molecular flexibility index (Phi) is 5.61. The molecule has 1 atom stereocenters. The van der Waals surface area contributed by atoms with Gasteiger partial charge in [-0.3, -0.25) is 0 Å². The van der Waals surface area contributed by atoms with E-state index < -0.39 is 22.7 Å². The van der Waals surface area contributed by atoms with Crippen LogP contribution in [0.1, 0.15) is 28.7 Å². The Morgan fingerprint density at radius 1 is 0.756 bits per heavy atom. The predicted molar refractivity (Wildman–Crippen MR) is 162 cm³/mol. The minimum absolute atomic E-state index is 0.272. The van der Waals surface area contributed by atoms with E-state index in [1.165, 1.54) is 0 Å². The topological polar surface area (TPSA) is 73.8 Å². The van der Waals surface area contributed by atoms with E-state index in [-0.39, 0.29) is 6.42 Å². The lowest BCUT2D eigenvalue weighted by atomic mass is 9.72. The molecule has 2 aliphatic carbocycles. The quantitative estimate of drug-likeness (QED) is 0.153. The molecule has 5 aromatic rings. The zero-order chi connectivity index (χ0) is 28.3. The average molecular weight is 555 g/mol. The second kappa shape index (κ2) is 9.23. The highest BCUT2D eigenvalue weighted by atomic mass is 35.5. The van der Waals surface area contributed by atoms with E-state index >= 15 is 0 Å². The van der Waals surface area contributed by atoms with Crippen molar-refractivity contribution in [2.45, 2.75) is 11.8 Å². The first-order valence-electron chi connectivity index (χ1n) is 13.2. The number of furan rings is 1. The number of hydrogen-bond donors (Lipinski definition) is 3.